The fraction of sp³-hybridized carbons (Fsp3) is 0.269. The lowest BCUT2D eigenvalue weighted by Gasteiger charge is -2.19. The number of rotatable bonds is 8. The Morgan fingerprint density at radius 2 is 1.56 bits per heavy atom. The molecule has 1 amide bonds. The summed E-state index contributed by atoms with van der Waals surface area (Å²) in [7, 11) is -0.777. The lowest BCUT2D eigenvalue weighted by atomic mass is 10.1. The number of benzene rings is 3. The summed E-state index contributed by atoms with van der Waals surface area (Å²) in [5, 5.41) is 2.91. The number of hydrogen-bond acceptors (Lipinski definition) is 5. The second-order valence-electron chi connectivity index (χ2n) is 8.19. The molecule has 0 saturated heterocycles. The van der Waals surface area contributed by atoms with Crippen LogP contribution in [0.4, 0.5) is 5.69 Å². The van der Waals surface area contributed by atoms with Crippen molar-refractivity contribution in [3.8, 4) is 11.5 Å². The van der Waals surface area contributed by atoms with E-state index < -0.39 is 22.0 Å². The van der Waals surface area contributed by atoms with Crippen molar-refractivity contribution in [2.45, 2.75) is 38.6 Å². The van der Waals surface area contributed by atoms with Gasteiger partial charge in [-0.05, 0) is 86.8 Å². The summed E-state index contributed by atoms with van der Waals surface area (Å²) in [5.74, 6) is 0.844. The van der Waals surface area contributed by atoms with Crippen LogP contribution >= 0.6 is 0 Å². The summed E-state index contributed by atoms with van der Waals surface area (Å²) in [6.07, 6.45) is 0. The molecule has 34 heavy (non-hydrogen) atoms. The van der Waals surface area contributed by atoms with Crippen LogP contribution in [0.2, 0.25) is 0 Å². The molecule has 0 saturated carbocycles. The van der Waals surface area contributed by atoms with E-state index in [4.69, 9.17) is 9.47 Å². The molecule has 7 nitrogen and oxygen atoms in total. The molecular formula is C26H30N2O5S. The van der Waals surface area contributed by atoms with Crippen LogP contribution in [0.3, 0.4) is 0 Å². The molecule has 0 aromatic heterocycles. The molecule has 3 rings (SSSR count). The van der Waals surface area contributed by atoms with E-state index in [1.165, 1.54) is 6.07 Å². The molecule has 3 aromatic rings. The Morgan fingerprint density at radius 1 is 0.853 bits per heavy atom. The van der Waals surface area contributed by atoms with Crippen molar-refractivity contribution in [3.63, 3.8) is 0 Å². The van der Waals surface area contributed by atoms with Crippen molar-refractivity contribution < 1.29 is 22.7 Å². The van der Waals surface area contributed by atoms with E-state index in [1.807, 2.05) is 26.8 Å². The minimum atomic E-state index is -3.90. The van der Waals surface area contributed by atoms with Gasteiger partial charge in [-0.3, -0.25) is 9.52 Å². The van der Waals surface area contributed by atoms with Crippen LogP contribution in [0.5, 0.6) is 11.5 Å². The van der Waals surface area contributed by atoms with Gasteiger partial charge in [0.1, 0.15) is 11.5 Å². The minimum absolute atomic E-state index is 0.0463. The predicted molar refractivity (Wildman–Crippen MR) is 133 cm³/mol. The predicted octanol–water partition coefficient (Wildman–Crippen LogP) is 4.92. The largest absolute Gasteiger partial charge is 0.497 e. The van der Waals surface area contributed by atoms with Crippen molar-refractivity contribution in [1.82, 2.24) is 5.32 Å². The molecule has 2 N–H and O–H groups in total. The number of anilines is 1. The van der Waals surface area contributed by atoms with Gasteiger partial charge in [-0.1, -0.05) is 12.1 Å². The first-order valence-electron chi connectivity index (χ1n) is 10.8. The average molecular weight is 483 g/mol. The van der Waals surface area contributed by atoms with Gasteiger partial charge in [0.15, 0.2) is 0 Å². The second-order valence-corrected chi connectivity index (χ2v) is 9.84. The standard InChI is InChI=1S/C26H30N2O5S/c1-16-8-10-21(13-18(16)3)28-34(30,31)25-14-20(9-7-17(25)2)26(29)27-19(4)23-15-22(32-5)11-12-24(23)33-6/h7-15,19,28H,1-6H3,(H,27,29)/t19-/m0/s1. The summed E-state index contributed by atoms with van der Waals surface area (Å²) < 4.78 is 39.5. The second kappa shape index (κ2) is 10.2. The maximum atomic E-state index is 13.1. The van der Waals surface area contributed by atoms with Gasteiger partial charge in [-0.15, -0.1) is 0 Å². The van der Waals surface area contributed by atoms with Crippen LogP contribution in [-0.4, -0.2) is 28.5 Å². The van der Waals surface area contributed by atoms with Gasteiger partial charge < -0.3 is 14.8 Å². The van der Waals surface area contributed by atoms with Crippen LogP contribution in [0.15, 0.2) is 59.5 Å². The van der Waals surface area contributed by atoms with Crippen molar-refractivity contribution >= 4 is 21.6 Å². The first-order chi connectivity index (χ1) is 16.1. The highest BCUT2D eigenvalue weighted by atomic mass is 32.2. The maximum absolute atomic E-state index is 13.1. The zero-order valence-corrected chi connectivity index (χ0v) is 21.0. The third kappa shape index (κ3) is 5.51. The van der Waals surface area contributed by atoms with Gasteiger partial charge in [0, 0.05) is 16.8 Å². The van der Waals surface area contributed by atoms with Gasteiger partial charge in [-0.25, -0.2) is 8.42 Å². The van der Waals surface area contributed by atoms with Crippen molar-refractivity contribution in [3.05, 3.63) is 82.4 Å². The van der Waals surface area contributed by atoms with E-state index >= 15 is 0 Å². The minimum Gasteiger partial charge on any atom is -0.497 e. The van der Waals surface area contributed by atoms with Crippen molar-refractivity contribution in [2.24, 2.45) is 0 Å². The average Bonchev–Trinajstić information content (AvgIpc) is 2.80. The number of nitrogens with one attached hydrogen (secondary N) is 2. The highest BCUT2D eigenvalue weighted by Gasteiger charge is 2.21. The van der Waals surface area contributed by atoms with E-state index in [1.54, 1.807) is 63.6 Å². The number of ether oxygens (including phenoxy) is 2. The molecule has 0 heterocycles. The van der Waals surface area contributed by atoms with E-state index in [9.17, 15) is 13.2 Å². The summed E-state index contributed by atoms with van der Waals surface area (Å²) >= 11 is 0. The molecule has 3 aromatic carbocycles. The number of carbonyl (C=O) groups excluding carboxylic acids is 1. The Bertz CT molecular complexity index is 1320. The zero-order valence-electron chi connectivity index (χ0n) is 20.2. The summed E-state index contributed by atoms with van der Waals surface area (Å²) in [6, 6.07) is 14.9. The first-order valence-corrected chi connectivity index (χ1v) is 12.3. The number of methoxy groups -OCH3 is 2. The lowest BCUT2D eigenvalue weighted by Crippen LogP contribution is -2.27. The fourth-order valence-corrected chi connectivity index (χ4v) is 4.90. The Labute approximate surface area is 201 Å². The molecule has 0 radical (unpaired) electrons. The van der Waals surface area contributed by atoms with E-state index in [0.29, 0.717) is 22.7 Å². The molecule has 0 fully saturated rings. The van der Waals surface area contributed by atoms with Gasteiger partial charge >= 0.3 is 0 Å². The smallest absolute Gasteiger partial charge is 0.262 e. The SMILES string of the molecule is COc1ccc(OC)c([C@H](C)NC(=O)c2ccc(C)c(S(=O)(=O)Nc3ccc(C)c(C)c3)c2)c1. The molecule has 0 unspecified atom stereocenters. The highest BCUT2D eigenvalue weighted by molar-refractivity contribution is 7.92. The molecule has 8 heteroatoms. The van der Waals surface area contributed by atoms with Gasteiger partial charge in [0.05, 0.1) is 25.2 Å². The third-order valence-electron chi connectivity index (χ3n) is 5.75. The Morgan fingerprint density at radius 3 is 2.21 bits per heavy atom. The van der Waals surface area contributed by atoms with Crippen LogP contribution in [0.1, 0.15) is 45.6 Å². The van der Waals surface area contributed by atoms with Gasteiger partial charge in [-0.2, -0.15) is 0 Å². The number of amides is 1. The summed E-state index contributed by atoms with van der Waals surface area (Å²) in [6.45, 7) is 7.40. The van der Waals surface area contributed by atoms with E-state index in [0.717, 1.165) is 16.7 Å². The molecule has 0 aliphatic carbocycles. The summed E-state index contributed by atoms with van der Waals surface area (Å²) in [5.41, 5.74) is 4.03. The monoisotopic (exact) mass is 482 g/mol. The van der Waals surface area contributed by atoms with Crippen molar-refractivity contribution in [2.75, 3.05) is 18.9 Å². The Kier molecular flexibility index (Phi) is 7.51. The Hall–Kier alpha value is -3.52. The van der Waals surface area contributed by atoms with Crippen LogP contribution < -0.4 is 19.5 Å². The molecule has 0 bridgehead atoms. The third-order valence-corrected chi connectivity index (χ3v) is 7.27. The highest BCUT2D eigenvalue weighted by Crippen LogP contribution is 2.30. The molecular weight excluding hydrogens is 452 g/mol. The Balaban J connectivity index is 1.86. The molecule has 0 aliphatic rings. The molecule has 180 valence electrons. The molecule has 1 atom stereocenters. The van der Waals surface area contributed by atoms with Gasteiger partial charge in [0.2, 0.25) is 0 Å². The van der Waals surface area contributed by atoms with Crippen LogP contribution in [0, 0.1) is 20.8 Å². The maximum Gasteiger partial charge on any atom is 0.262 e. The normalized spacial score (nSPS) is 12.1. The number of carbonyl (C=O) groups is 1. The quantitative estimate of drug-likeness (QED) is 0.475. The molecule has 0 spiro atoms. The first kappa shape index (κ1) is 25.1. The van der Waals surface area contributed by atoms with E-state index in [2.05, 4.69) is 10.0 Å². The summed E-state index contributed by atoms with van der Waals surface area (Å²) in [4.78, 5) is 13.1. The van der Waals surface area contributed by atoms with Crippen molar-refractivity contribution in [1.29, 1.82) is 0 Å². The topological polar surface area (TPSA) is 93.7 Å². The van der Waals surface area contributed by atoms with Crippen LogP contribution in [0.25, 0.3) is 0 Å². The van der Waals surface area contributed by atoms with Gasteiger partial charge in [0.25, 0.3) is 15.9 Å². The number of hydrogen-bond donors (Lipinski definition) is 2. The fourth-order valence-electron chi connectivity index (χ4n) is 3.58. The van der Waals surface area contributed by atoms with Crippen LogP contribution in [-0.2, 0) is 10.0 Å². The zero-order chi connectivity index (χ0) is 25.0. The lowest BCUT2D eigenvalue weighted by molar-refractivity contribution is 0.0939. The van der Waals surface area contributed by atoms with E-state index in [-0.39, 0.29) is 10.5 Å². The number of aryl methyl sites for hydroxylation is 3. The number of sulfonamides is 1. The molecule has 0 aliphatic heterocycles.